The number of carbonyl (C=O) groups is 1. The van der Waals surface area contributed by atoms with Crippen molar-refractivity contribution in [2.45, 2.75) is 13.3 Å². The Labute approximate surface area is 162 Å². The Hall–Kier alpha value is -3.48. The number of rotatable bonds is 4. The van der Waals surface area contributed by atoms with Gasteiger partial charge in [0.25, 0.3) is 0 Å². The van der Waals surface area contributed by atoms with Crippen LogP contribution in [-0.2, 0) is 11.2 Å². The van der Waals surface area contributed by atoms with E-state index in [-0.39, 0.29) is 24.2 Å². The Morgan fingerprint density at radius 2 is 2.18 bits per heavy atom. The smallest absolute Gasteiger partial charge is 0.231 e. The lowest BCUT2D eigenvalue weighted by Gasteiger charge is -2.25. The summed E-state index contributed by atoms with van der Waals surface area (Å²) in [6.07, 6.45) is 2.25. The van der Waals surface area contributed by atoms with Gasteiger partial charge in [-0.25, -0.2) is 0 Å². The minimum atomic E-state index is -0.352. The van der Waals surface area contributed by atoms with Gasteiger partial charge in [-0.2, -0.15) is 5.10 Å². The number of carbonyl (C=O) groups excluding carboxylic acids is 1. The fourth-order valence-corrected chi connectivity index (χ4v) is 3.35. The minimum absolute atomic E-state index is 0.00486. The molecule has 0 radical (unpaired) electrons. The van der Waals surface area contributed by atoms with Crippen molar-refractivity contribution < 1.29 is 19.4 Å². The first-order valence-corrected chi connectivity index (χ1v) is 8.99. The van der Waals surface area contributed by atoms with E-state index in [1.54, 1.807) is 25.4 Å². The maximum Gasteiger partial charge on any atom is 0.231 e. The van der Waals surface area contributed by atoms with E-state index in [1.807, 2.05) is 31.2 Å². The van der Waals surface area contributed by atoms with Crippen LogP contribution in [-0.4, -0.2) is 34.9 Å². The van der Waals surface area contributed by atoms with E-state index in [0.717, 1.165) is 33.9 Å². The van der Waals surface area contributed by atoms with Crippen LogP contribution in [0.4, 0.5) is 5.69 Å². The average Bonchev–Trinajstić information content (AvgIpc) is 3.14. The number of H-pyrrole nitrogens is 1. The number of ether oxygens (including phenoxy) is 2. The van der Waals surface area contributed by atoms with Crippen LogP contribution in [0.2, 0.25) is 0 Å². The number of phenols is 1. The van der Waals surface area contributed by atoms with E-state index < -0.39 is 0 Å². The van der Waals surface area contributed by atoms with Crippen LogP contribution < -0.4 is 14.8 Å². The Balaban J connectivity index is 1.48. The van der Waals surface area contributed by atoms with E-state index in [4.69, 9.17) is 9.47 Å². The molecule has 7 nitrogen and oxygen atoms in total. The molecule has 1 aromatic heterocycles. The van der Waals surface area contributed by atoms with Gasteiger partial charge in [0.1, 0.15) is 23.9 Å². The molecule has 0 unspecified atom stereocenters. The predicted molar refractivity (Wildman–Crippen MR) is 105 cm³/mol. The number of benzene rings is 2. The number of aryl methyl sites for hydroxylation is 1. The van der Waals surface area contributed by atoms with E-state index in [1.165, 1.54) is 0 Å². The quantitative estimate of drug-likeness (QED) is 0.605. The standard InChI is InChI=1S/C21H21N3O4/c1-12-17(10-22-24-12)13-3-5-18(19(25)9-13)23-21(26)15-7-14-8-16(27-2)4-6-20(14)28-11-15/h3-6,8-10,15,25H,7,11H2,1-2H3,(H,22,24)(H,23,26)/t15-/m1/s1. The minimum Gasteiger partial charge on any atom is -0.506 e. The van der Waals surface area contributed by atoms with Gasteiger partial charge >= 0.3 is 0 Å². The SMILES string of the molecule is COc1ccc2c(c1)C[C@@H](C(=O)Nc1ccc(-c3cn[nH]c3C)cc1O)CO2. The molecule has 0 spiro atoms. The molecule has 2 heterocycles. The summed E-state index contributed by atoms with van der Waals surface area (Å²) in [6.45, 7) is 2.20. The summed E-state index contributed by atoms with van der Waals surface area (Å²) in [6, 6.07) is 10.7. The Bertz CT molecular complexity index is 1030. The van der Waals surface area contributed by atoms with Crippen molar-refractivity contribution >= 4 is 11.6 Å². The average molecular weight is 379 g/mol. The van der Waals surface area contributed by atoms with Gasteiger partial charge in [0, 0.05) is 11.3 Å². The van der Waals surface area contributed by atoms with Crippen LogP contribution >= 0.6 is 0 Å². The fraction of sp³-hybridized carbons (Fsp3) is 0.238. The monoisotopic (exact) mass is 379 g/mol. The van der Waals surface area contributed by atoms with Gasteiger partial charge in [-0.3, -0.25) is 9.89 Å². The second-order valence-corrected chi connectivity index (χ2v) is 6.82. The van der Waals surface area contributed by atoms with Crippen LogP contribution in [0.15, 0.2) is 42.6 Å². The molecule has 4 rings (SSSR count). The molecule has 1 amide bonds. The highest BCUT2D eigenvalue weighted by atomic mass is 16.5. The lowest BCUT2D eigenvalue weighted by molar-refractivity contribution is -0.121. The molecule has 0 bridgehead atoms. The molecule has 3 aromatic rings. The summed E-state index contributed by atoms with van der Waals surface area (Å²) in [5, 5.41) is 20.0. The highest BCUT2D eigenvalue weighted by Crippen LogP contribution is 2.33. The van der Waals surface area contributed by atoms with Crippen LogP contribution in [0.25, 0.3) is 11.1 Å². The van der Waals surface area contributed by atoms with Gasteiger partial charge in [0.05, 0.1) is 24.9 Å². The summed E-state index contributed by atoms with van der Waals surface area (Å²) in [7, 11) is 1.60. The topological polar surface area (TPSA) is 96.5 Å². The molecule has 1 atom stereocenters. The number of fused-ring (bicyclic) bond motifs is 1. The number of aromatic amines is 1. The Morgan fingerprint density at radius 3 is 2.89 bits per heavy atom. The second-order valence-electron chi connectivity index (χ2n) is 6.82. The molecule has 7 heteroatoms. The molecule has 0 fully saturated rings. The number of amides is 1. The Morgan fingerprint density at radius 1 is 1.32 bits per heavy atom. The van der Waals surface area contributed by atoms with Crippen LogP contribution in [0.1, 0.15) is 11.3 Å². The molecule has 0 saturated heterocycles. The van der Waals surface area contributed by atoms with Crippen LogP contribution in [0.3, 0.4) is 0 Å². The summed E-state index contributed by atoms with van der Waals surface area (Å²) in [5.41, 5.74) is 3.93. The zero-order chi connectivity index (χ0) is 19.7. The van der Waals surface area contributed by atoms with Gasteiger partial charge in [-0.1, -0.05) is 6.07 Å². The highest BCUT2D eigenvalue weighted by Gasteiger charge is 2.27. The molecule has 144 valence electrons. The summed E-state index contributed by atoms with van der Waals surface area (Å²) in [4.78, 5) is 12.7. The zero-order valence-electron chi connectivity index (χ0n) is 15.7. The van der Waals surface area contributed by atoms with Gasteiger partial charge in [0.15, 0.2) is 0 Å². The second kappa shape index (κ2) is 7.26. The van der Waals surface area contributed by atoms with E-state index in [2.05, 4.69) is 15.5 Å². The third-order valence-electron chi connectivity index (χ3n) is 4.94. The fourth-order valence-electron chi connectivity index (χ4n) is 3.35. The van der Waals surface area contributed by atoms with Gasteiger partial charge < -0.3 is 19.9 Å². The third-order valence-corrected chi connectivity index (χ3v) is 4.94. The predicted octanol–water partition coefficient (Wildman–Crippen LogP) is 3.29. The van der Waals surface area contributed by atoms with Crippen molar-refractivity contribution in [2.75, 3.05) is 19.0 Å². The molecule has 0 aliphatic carbocycles. The summed E-state index contributed by atoms with van der Waals surface area (Å²) < 4.78 is 11.0. The highest BCUT2D eigenvalue weighted by molar-refractivity contribution is 5.94. The van der Waals surface area contributed by atoms with Crippen molar-refractivity contribution in [1.82, 2.24) is 10.2 Å². The van der Waals surface area contributed by atoms with Crippen molar-refractivity contribution in [3.63, 3.8) is 0 Å². The maximum atomic E-state index is 12.7. The molecular weight excluding hydrogens is 358 g/mol. The number of aromatic nitrogens is 2. The van der Waals surface area contributed by atoms with Crippen molar-refractivity contribution in [3.8, 4) is 28.4 Å². The molecule has 2 aromatic carbocycles. The largest absolute Gasteiger partial charge is 0.506 e. The molecule has 28 heavy (non-hydrogen) atoms. The number of anilines is 1. The van der Waals surface area contributed by atoms with Gasteiger partial charge in [0.2, 0.25) is 5.91 Å². The number of hydrogen-bond donors (Lipinski definition) is 3. The van der Waals surface area contributed by atoms with Crippen molar-refractivity contribution in [2.24, 2.45) is 5.92 Å². The van der Waals surface area contributed by atoms with Crippen molar-refractivity contribution in [3.05, 3.63) is 53.9 Å². The number of nitrogens with zero attached hydrogens (tertiary/aromatic N) is 1. The molecule has 1 aliphatic heterocycles. The number of methoxy groups -OCH3 is 1. The lowest BCUT2D eigenvalue weighted by atomic mass is 9.95. The normalized spacial score (nSPS) is 15.4. The first-order valence-electron chi connectivity index (χ1n) is 8.99. The van der Waals surface area contributed by atoms with E-state index in [9.17, 15) is 9.90 Å². The summed E-state index contributed by atoms with van der Waals surface area (Å²) >= 11 is 0. The zero-order valence-corrected chi connectivity index (χ0v) is 15.7. The number of hydrogen-bond acceptors (Lipinski definition) is 5. The molecule has 0 saturated carbocycles. The summed E-state index contributed by atoms with van der Waals surface area (Å²) in [5.74, 6) is 0.953. The number of aromatic hydroxyl groups is 1. The molecule has 1 aliphatic rings. The lowest BCUT2D eigenvalue weighted by Crippen LogP contribution is -2.32. The third kappa shape index (κ3) is 3.38. The number of nitrogens with one attached hydrogen (secondary N) is 2. The Kier molecular flexibility index (Phi) is 4.65. The first-order chi connectivity index (χ1) is 13.5. The van der Waals surface area contributed by atoms with Crippen LogP contribution in [0.5, 0.6) is 17.2 Å². The number of phenolic OH excluding ortho intramolecular Hbond substituents is 1. The van der Waals surface area contributed by atoms with E-state index >= 15 is 0 Å². The van der Waals surface area contributed by atoms with Crippen LogP contribution in [0, 0.1) is 12.8 Å². The van der Waals surface area contributed by atoms with Gasteiger partial charge in [-0.05, 0) is 54.8 Å². The maximum absolute atomic E-state index is 12.7. The molecular formula is C21H21N3O4. The first kappa shape index (κ1) is 17.9. The van der Waals surface area contributed by atoms with Gasteiger partial charge in [-0.15, -0.1) is 0 Å². The van der Waals surface area contributed by atoms with E-state index in [0.29, 0.717) is 12.1 Å². The molecule has 3 N–H and O–H groups in total. The van der Waals surface area contributed by atoms with Crippen molar-refractivity contribution in [1.29, 1.82) is 0 Å².